The number of hydrogen-bond acceptors (Lipinski definition) is 4. The summed E-state index contributed by atoms with van der Waals surface area (Å²) in [5.74, 6) is 0.476. The number of carbonyl (C=O) groups excluding carboxylic acids is 2. The second-order valence-electron chi connectivity index (χ2n) is 3.78. The molecule has 0 aromatic heterocycles. The highest BCUT2D eigenvalue weighted by Crippen LogP contribution is 2.05. The van der Waals surface area contributed by atoms with Crippen LogP contribution in [0.5, 0.6) is 0 Å². The lowest BCUT2D eigenvalue weighted by atomic mass is 10.4. The summed E-state index contributed by atoms with van der Waals surface area (Å²) in [7, 11) is 0. The van der Waals surface area contributed by atoms with E-state index in [0.717, 1.165) is 0 Å². The van der Waals surface area contributed by atoms with E-state index >= 15 is 0 Å². The van der Waals surface area contributed by atoms with Gasteiger partial charge in [-0.3, -0.25) is 9.59 Å². The van der Waals surface area contributed by atoms with E-state index in [1.54, 1.807) is 4.90 Å². The highest BCUT2D eigenvalue weighted by Gasteiger charge is 2.16. The van der Waals surface area contributed by atoms with Gasteiger partial charge in [-0.25, -0.2) is 0 Å². The zero-order valence-corrected chi connectivity index (χ0v) is 11.7. The van der Waals surface area contributed by atoms with E-state index in [1.807, 2.05) is 0 Å². The van der Waals surface area contributed by atoms with Crippen molar-refractivity contribution in [3.63, 3.8) is 0 Å². The van der Waals surface area contributed by atoms with Gasteiger partial charge in [0.05, 0.1) is 31.3 Å². The molecule has 2 amide bonds. The largest absolute Gasteiger partial charge is 0.378 e. The summed E-state index contributed by atoms with van der Waals surface area (Å²) in [6, 6.07) is 0. The highest BCUT2D eigenvalue weighted by atomic mass is 35.5. The van der Waals surface area contributed by atoms with Crippen molar-refractivity contribution in [2.75, 3.05) is 44.4 Å². The van der Waals surface area contributed by atoms with Crippen LogP contribution in [-0.4, -0.2) is 61.1 Å². The van der Waals surface area contributed by atoms with Gasteiger partial charge in [0, 0.05) is 18.1 Å². The first-order valence-corrected chi connectivity index (χ1v) is 7.16. The van der Waals surface area contributed by atoms with Crippen LogP contribution in [0.2, 0.25) is 0 Å². The minimum atomic E-state index is -0.142. The summed E-state index contributed by atoms with van der Waals surface area (Å²) >= 11 is 6.82. The van der Waals surface area contributed by atoms with Crippen LogP contribution in [-0.2, 0) is 14.3 Å². The average Bonchev–Trinajstić information content (AvgIpc) is 2.37. The third kappa shape index (κ3) is 6.28. The third-order valence-corrected chi connectivity index (χ3v) is 3.35. The van der Waals surface area contributed by atoms with Gasteiger partial charge in [0.1, 0.15) is 0 Å². The fraction of sp³-hybridized carbons (Fsp3) is 0.636. The summed E-state index contributed by atoms with van der Waals surface area (Å²) in [6.45, 7) is 6.19. The lowest BCUT2D eigenvalue weighted by molar-refractivity contribution is -0.132. The first-order valence-electron chi connectivity index (χ1n) is 5.63. The molecule has 0 radical (unpaired) electrons. The van der Waals surface area contributed by atoms with Crippen molar-refractivity contribution < 1.29 is 14.3 Å². The summed E-state index contributed by atoms with van der Waals surface area (Å²) in [5.41, 5.74) is 0. The highest BCUT2D eigenvalue weighted by molar-refractivity contribution is 8.00. The maximum absolute atomic E-state index is 11.7. The van der Waals surface area contributed by atoms with Crippen molar-refractivity contribution in [3.05, 3.63) is 11.6 Å². The molecule has 1 N–H and O–H groups in total. The van der Waals surface area contributed by atoms with E-state index in [4.69, 9.17) is 16.3 Å². The van der Waals surface area contributed by atoms with Gasteiger partial charge in [0.25, 0.3) is 0 Å². The number of rotatable bonds is 6. The molecule has 1 rings (SSSR count). The van der Waals surface area contributed by atoms with E-state index in [9.17, 15) is 9.59 Å². The molecule has 0 saturated carbocycles. The predicted molar refractivity (Wildman–Crippen MR) is 72.7 cm³/mol. The third-order valence-electron chi connectivity index (χ3n) is 2.30. The van der Waals surface area contributed by atoms with E-state index in [-0.39, 0.29) is 24.1 Å². The molecule has 1 fully saturated rings. The molecule has 1 saturated heterocycles. The van der Waals surface area contributed by atoms with Gasteiger partial charge in [-0.2, -0.15) is 0 Å². The van der Waals surface area contributed by atoms with Crippen LogP contribution < -0.4 is 5.32 Å². The second kappa shape index (κ2) is 8.39. The molecule has 0 aromatic carbocycles. The maximum atomic E-state index is 11.7. The molecule has 7 heteroatoms. The molecule has 102 valence electrons. The molecular weight excluding hydrogens is 276 g/mol. The smallest absolute Gasteiger partial charge is 0.232 e. The molecule has 1 heterocycles. The van der Waals surface area contributed by atoms with Crippen LogP contribution in [0.4, 0.5) is 0 Å². The molecule has 0 unspecified atom stereocenters. The monoisotopic (exact) mass is 292 g/mol. The molecule has 0 atom stereocenters. The van der Waals surface area contributed by atoms with E-state index in [1.165, 1.54) is 11.8 Å². The topological polar surface area (TPSA) is 58.6 Å². The fourth-order valence-corrected chi connectivity index (χ4v) is 2.19. The number of amides is 2. The van der Waals surface area contributed by atoms with Crippen molar-refractivity contribution in [1.29, 1.82) is 0 Å². The average molecular weight is 293 g/mol. The Morgan fingerprint density at radius 2 is 2.00 bits per heavy atom. The Bertz CT molecular complexity index is 319. The number of carbonyl (C=O) groups is 2. The number of ether oxygens (including phenoxy) is 1. The van der Waals surface area contributed by atoms with Crippen LogP contribution in [0.15, 0.2) is 11.6 Å². The standard InChI is InChI=1S/C11H17ClN2O3S/c1-9(12)6-13-10(15)7-18-8-11(16)14-2-4-17-5-3-14/h1-8H2,(H,13,15). The number of hydrogen-bond donors (Lipinski definition) is 1. The summed E-state index contributed by atoms with van der Waals surface area (Å²) in [4.78, 5) is 24.8. The predicted octanol–water partition coefficient (Wildman–Crippen LogP) is 0.447. The molecule has 18 heavy (non-hydrogen) atoms. The van der Waals surface area contributed by atoms with Gasteiger partial charge in [0.2, 0.25) is 11.8 Å². The lowest BCUT2D eigenvalue weighted by Crippen LogP contribution is -2.41. The quantitative estimate of drug-likeness (QED) is 0.772. The minimum Gasteiger partial charge on any atom is -0.378 e. The zero-order valence-electron chi connectivity index (χ0n) is 10.1. The number of nitrogens with zero attached hydrogens (tertiary/aromatic N) is 1. The van der Waals surface area contributed by atoms with Crippen LogP contribution in [0.3, 0.4) is 0 Å². The molecule has 1 aliphatic rings. The van der Waals surface area contributed by atoms with Gasteiger partial charge in [0.15, 0.2) is 0 Å². The Balaban J connectivity index is 2.10. The zero-order chi connectivity index (χ0) is 13.4. The van der Waals surface area contributed by atoms with Gasteiger partial charge < -0.3 is 15.0 Å². The molecular formula is C11H17ClN2O3S. The summed E-state index contributed by atoms with van der Waals surface area (Å²) in [6.07, 6.45) is 0. The van der Waals surface area contributed by atoms with Crippen LogP contribution in [0, 0.1) is 0 Å². The Morgan fingerprint density at radius 1 is 1.33 bits per heavy atom. The van der Waals surface area contributed by atoms with Gasteiger partial charge in [-0.05, 0) is 0 Å². The summed E-state index contributed by atoms with van der Waals surface area (Å²) < 4.78 is 5.16. The first kappa shape index (κ1) is 15.3. The molecule has 5 nitrogen and oxygen atoms in total. The SMILES string of the molecule is C=C(Cl)CNC(=O)CSCC(=O)N1CCOCC1. The molecule has 1 aliphatic heterocycles. The van der Waals surface area contributed by atoms with E-state index in [2.05, 4.69) is 11.9 Å². The minimum absolute atomic E-state index is 0.0536. The van der Waals surface area contributed by atoms with Crippen molar-refractivity contribution in [2.45, 2.75) is 0 Å². The lowest BCUT2D eigenvalue weighted by Gasteiger charge is -2.26. The fourth-order valence-electron chi connectivity index (χ4n) is 1.38. The number of nitrogens with one attached hydrogen (secondary N) is 1. The number of morpholine rings is 1. The number of halogens is 1. The maximum Gasteiger partial charge on any atom is 0.232 e. The van der Waals surface area contributed by atoms with E-state index in [0.29, 0.717) is 37.1 Å². The Hall–Kier alpha value is -0.720. The van der Waals surface area contributed by atoms with Crippen molar-refractivity contribution in [3.8, 4) is 0 Å². The Labute approximate surface area is 116 Å². The molecule has 0 aromatic rings. The van der Waals surface area contributed by atoms with Crippen molar-refractivity contribution >= 4 is 35.2 Å². The normalized spacial score (nSPS) is 15.3. The van der Waals surface area contributed by atoms with Crippen LogP contribution >= 0.6 is 23.4 Å². The first-order chi connectivity index (χ1) is 8.59. The number of thioether (sulfide) groups is 1. The molecule has 0 aliphatic carbocycles. The molecule has 0 spiro atoms. The van der Waals surface area contributed by atoms with Crippen LogP contribution in [0.25, 0.3) is 0 Å². The second-order valence-corrected chi connectivity index (χ2v) is 5.30. The Morgan fingerprint density at radius 3 is 2.61 bits per heavy atom. The van der Waals surface area contributed by atoms with Gasteiger partial charge in [-0.1, -0.05) is 18.2 Å². The Kier molecular flexibility index (Phi) is 7.15. The van der Waals surface area contributed by atoms with E-state index < -0.39 is 0 Å². The molecule has 0 bridgehead atoms. The van der Waals surface area contributed by atoms with Gasteiger partial charge >= 0.3 is 0 Å². The van der Waals surface area contributed by atoms with Crippen molar-refractivity contribution in [1.82, 2.24) is 10.2 Å². The summed E-state index contributed by atoms with van der Waals surface area (Å²) in [5, 5.41) is 2.99. The van der Waals surface area contributed by atoms with Gasteiger partial charge in [-0.15, -0.1) is 11.8 Å². The van der Waals surface area contributed by atoms with Crippen molar-refractivity contribution in [2.24, 2.45) is 0 Å². The van der Waals surface area contributed by atoms with Crippen LogP contribution in [0.1, 0.15) is 0 Å².